The Morgan fingerprint density at radius 2 is 1.85 bits per heavy atom. The van der Waals surface area contributed by atoms with E-state index in [2.05, 4.69) is 15.9 Å². The lowest BCUT2D eigenvalue weighted by atomic mass is 10.1. The van der Waals surface area contributed by atoms with Gasteiger partial charge in [0.2, 0.25) is 0 Å². The molecule has 0 saturated carbocycles. The van der Waals surface area contributed by atoms with Crippen molar-refractivity contribution in [1.82, 2.24) is 9.21 Å². The fourth-order valence-corrected chi connectivity index (χ4v) is 3.19. The van der Waals surface area contributed by atoms with E-state index in [0.717, 1.165) is 10.0 Å². The number of nitrogens with zero attached hydrogens (tertiary/aromatic N) is 2. The third-order valence-corrected chi connectivity index (χ3v) is 5.33. The number of piperazine rings is 1. The van der Waals surface area contributed by atoms with Gasteiger partial charge in [-0.3, -0.25) is 4.79 Å². The second kappa shape index (κ2) is 5.80. The summed E-state index contributed by atoms with van der Waals surface area (Å²) in [5.41, 5.74) is 1.51. The largest absolute Gasteiger partial charge is 0.336 e. The predicted molar refractivity (Wildman–Crippen MR) is 79.5 cm³/mol. The number of benzene rings is 1. The van der Waals surface area contributed by atoms with Crippen molar-refractivity contribution in [3.63, 3.8) is 0 Å². The highest BCUT2D eigenvalue weighted by molar-refractivity contribution is 9.10. The van der Waals surface area contributed by atoms with E-state index < -0.39 is 10.2 Å². The minimum absolute atomic E-state index is 0.0853. The minimum atomic E-state index is -3.67. The topological polar surface area (TPSA) is 83.7 Å². The molecule has 2 rings (SSSR count). The molecule has 1 aliphatic rings. The van der Waals surface area contributed by atoms with Crippen LogP contribution in [0.1, 0.15) is 15.9 Å². The zero-order chi connectivity index (χ0) is 14.9. The summed E-state index contributed by atoms with van der Waals surface area (Å²) in [4.78, 5) is 14.1. The molecule has 8 heteroatoms. The Labute approximate surface area is 126 Å². The van der Waals surface area contributed by atoms with E-state index in [9.17, 15) is 13.2 Å². The molecule has 1 heterocycles. The van der Waals surface area contributed by atoms with Gasteiger partial charge in [-0.2, -0.15) is 12.7 Å². The van der Waals surface area contributed by atoms with E-state index in [1.54, 1.807) is 11.0 Å². The first-order chi connectivity index (χ1) is 9.30. The van der Waals surface area contributed by atoms with Gasteiger partial charge in [0.25, 0.3) is 16.1 Å². The van der Waals surface area contributed by atoms with Crippen molar-refractivity contribution in [1.29, 1.82) is 0 Å². The molecule has 6 nitrogen and oxygen atoms in total. The lowest BCUT2D eigenvalue weighted by Crippen LogP contribution is -2.52. The Morgan fingerprint density at radius 3 is 2.40 bits per heavy atom. The van der Waals surface area contributed by atoms with Crippen LogP contribution in [0.3, 0.4) is 0 Å². The first kappa shape index (κ1) is 15.4. The lowest BCUT2D eigenvalue weighted by molar-refractivity contribution is 0.0697. The molecule has 0 radical (unpaired) electrons. The van der Waals surface area contributed by atoms with Gasteiger partial charge in [0.1, 0.15) is 0 Å². The van der Waals surface area contributed by atoms with Crippen LogP contribution in [0.15, 0.2) is 22.7 Å². The highest BCUT2D eigenvalue weighted by Gasteiger charge is 2.27. The van der Waals surface area contributed by atoms with Crippen LogP contribution in [-0.2, 0) is 10.2 Å². The molecule has 0 spiro atoms. The summed E-state index contributed by atoms with van der Waals surface area (Å²) in [6.07, 6.45) is 0. The van der Waals surface area contributed by atoms with Crippen molar-refractivity contribution >= 4 is 32.0 Å². The third-order valence-electron chi connectivity index (χ3n) is 3.38. The summed E-state index contributed by atoms with van der Waals surface area (Å²) in [7, 11) is -3.67. The molecular formula is C12H16BrN3O3S. The van der Waals surface area contributed by atoms with Gasteiger partial charge in [0.05, 0.1) is 0 Å². The van der Waals surface area contributed by atoms with Crippen molar-refractivity contribution in [3.05, 3.63) is 33.8 Å². The highest BCUT2D eigenvalue weighted by Crippen LogP contribution is 2.21. The zero-order valence-electron chi connectivity index (χ0n) is 11.0. The molecule has 1 aromatic carbocycles. The molecule has 1 saturated heterocycles. The molecule has 0 unspecified atom stereocenters. The van der Waals surface area contributed by atoms with E-state index in [1.807, 2.05) is 19.1 Å². The maximum Gasteiger partial charge on any atom is 0.277 e. The first-order valence-corrected chi connectivity index (χ1v) is 8.42. The maximum atomic E-state index is 12.4. The van der Waals surface area contributed by atoms with Gasteiger partial charge in [0, 0.05) is 36.2 Å². The standard InChI is InChI=1S/C12H16BrN3O3S/c1-9-10(3-2-4-11(9)13)12(17)15-5-7-16(8-6-15)20(14,18)19/h2-4H,5-8H2,1H3,(H2,14,18,19). The van der Waals surface area contributed by atoms with Crippen molar-refractivity contribution in [2.45, 2.75) is 6.92 Å². The van der Waals surface area contributed by atoms with E-state index >= 15 is 0 Å². The normalized spacial score (nSPS) is 17.2. The van der Waals surface area contributed by atoms with Crippen molar-refractivity contribution in [2.24, 2.45) is 5.14 Å². The number of halogens is 1. The van der Waals surface area contributed by atoms with Crippen LogP contribution < -0.4 is 5.14 Å². The molecule has 1 aromatic rings. The molecule has 1 fully saturated rings. The van der Waals surface area contributed by atoms with Crippen LogP contribution in [-0.4, -0.2) is 49.7 Å². The number of hydrogen-bond donors (Lipinski definition) is 1. The van der Waals surface area contributed by atoms with Crippen molar-refractivity contribution < 1.29 is 13.2 Å². The van der Waals surface area contributed by atoms with Crippen LogP contribution in [0.4, 0.5) is 0 Å². The summed E-state index contributed by atoms with van der Waals surface area (Å²) < 4.78 is 24.5. The van der Waals surface area contributed by atoms with Crippen molar-refractivity contribution in [3.8, 4) is 0 Å². The monoisotopic (exact) mass is 361 g/mol. The van der Waals surface area contributed by atoms with E-state index in [-0.39, 0.29) is 19.0 Å². The van der Waals surface area contributed by atoms with E-state index in [0.29, 0.717) is 18.7 Å². The summed E-state index contributed by atoms with van der Waals surface area (Å²) in [5.74, 6) is -0.0853. The molecule has 2 N–H and O–H groups in total. The van der Waals surface area contributed by atoms with Gasteiger partial charge in [-0.15, -0.1) is 0 Å². The van der Waals surface area contributed by atoms with Crippen LogP contribution in [0.25, 0.3) is 0 Å². The van der Waals surface area contributed by atoms with Crippen molar-refractivity contribution in [2.75, 3.05) is 26.2 Å². The first-order valence-electron chi connectivity index (χ1n) is 6.13. The number of nitrogens with two attached hydrogens (primary N) is 1. The highest BCUT2D eigenvalue weighted by atomic mass is 79.9. The summed E-state index contributed by atoms with van der Waals surface area (Å²) in [6.45, 7) is 3.04. The second-order valence-corrected chi connectivity index (χ2v) is 7.05. The molecule has 20 heavy (non-hydrogen) atoms. The molecule has 0 atom stereocenters. The SMILES string of the molecule is Cc1c(Br)cccc1C(=O)N1CCN(S(N)(=O)=O)CC1. The predicted octanol–water partition coefficient (Wildman–Crippen LogP) is 0.719. The molecule has 0 aliphatic carbocycles. The number of amides is 1. The summed E-state index contributed by atoms with van der Waals surface area (Å²) in [5, 5.41) is 5.08. The smallest absolute Gasteiger partial charge is 0.277 e. The number of hydrogen-bond acceptors (Lipinski definition) is 3. The van der Waals surface area contributed by atoms with Crippen LogP contribution in [0.2, 0.25) is 0 Å². The van der Waals surface area contributed by atoms with Crippen LogP contribution in [0.5, 0.6) is 0 Å². The number of rotatable bonds is 2. The molecule has 0 aromatic heterocycles. The summed E-state index contributed by atoms with van der Waals surface area (Å²) >= 11 is 3.40. The number of carbonyl (C=O) groups is 1. The fourth-order valence-electron chi connectivity index (χ4n) is 2.16. The summed E-state index contributed by atoms with van der Waals surface area (Å²) in [6, 6.07) is 5.46. The van der Waals surface area contributed by atoms with Gasteiger partial charge in [-0.25, -0.2) is 5.14 Å². The average Bonchev–Trinajstić information content (AvgIpc) is 2.40. The quantitative estimate of drug-likeness (QED) is 0.842. The molecule has 0 bridgehead atoms. The van der Waals surface area contributed by atoms with Gasteiger partial charge in [-0.1, -0.05) is 22.0 Å². The van der Waals surface area contributed by atoms with Gasteiger partial charge in [0.15, 0.2) is 0 Å². The molecular weight excluding hydrogens is 346 g/mol. The van der Waals surface area contributed by atoms with Crippen LogP contribution >= 0.6 is 15.9 Å². The lowest BCUT2D eigenvalue weighted by Gasteiger charge is -2.33. The van der Waals surface area contributed by atoms with Gasteiger partial charge in [-0.05, 0) is 24.6 Å². The number of carbonyl (C=O) groups excluding carboxylic acids is 1. The van der Waals surface area contributed by atoms with E-state index in [1.165, 1.54) is 4.31 Å². The Hall–Kier alpha value is -0.960. The molecule has 1 amide bonds. The Balaban J connectivity index is 2.11. The Morgan fingerprint density at radius 1 is 1.25 bits per heavy atom. The minimum Gasteiger partial charge on any atom is -0.336 e. The average molecular weight is 362 g/mol. The Bertz CT molecular complexity index is 625. The zero-order valence-corrected chi connectivity index (χ0v) is 13.4. The van der Waals surface area contributed by atoms with Crippen LogP contribution in [0, 0.1) is 6.92 Å². The fraction of sp³-hybridized carbons (Fsp3) is 0.417. The Kier molecular flexibility index (Phi) is 4.48. The van der Waals surface area contributed by atoms with Gasteiger partial charge < -0.3 is 4.90 Å². The third kappa shape index (κ3) is 3.20. The second-order valence-electron chi connectivity index (χ2n) is 4.65. The maximum absolute atomic E-state index is 12.4. The van der Waals surface area contributed by atoms with E-state index in [4.69, 9.17) is 5.14 Å². The molecule has 110 valence electrons. The van der Waals surface area contributed by atoms with Gasteiger partial charge >= 0.3 is 0 Å². The molecule has 1 aliphatic heterocycles.